The number of hydrogen-bond acceptors (Lipinski definition) is 2. The van der Waals surface area contributed by atoms with Gasteiger partial charge in [0, 0.05) is 11.8 Å². The molecule has 1 rings (SSSR count). The topological polar surface area (TPSA) is 55.1 Å². The van der Waals surface area contributed by atoms with Gasteiger partial charge in [0.15, 0.2) is 0 Å². The van der Waals surface area contributed by atoms with E-state index in [0.717, 1.165) is 0 Å². The predicted molar refractivity (Wildman–Crippen MR) is 39.5 cm³/mol. The van der Waals surface area contributed by atoms with Crippen molar-refractivity contribution in [2.24, 2.45) is 0 Å². The summed E-state index contributed by atoms with van der Waals surface area (Å²) in [6.45, 7) is -0.312. The molecule has 0 fully saturated rings. The Morgan fingerprint density at radius 1 is 1.75 bits per heavy atom. The van der Waals surface area contributed by atoms with Gasteiger partial charge in [0.25, 0.3) is 0 Å². The maximum absolute atomic E-state index is 11.8. The molecule has 12 heavy (non-hydrogen) atoms. The van der Waals surface area contributed by atoms with Gasteiger partial charge in [-0.15, -0.1) is 0 Å². The van der Waals surface area contributed by atoms with Crippen LogP contribution >= 0.6 is 0 Å². The molecule has 0 bridgehead atoms. The Bertz CT molecular complexity index is 272. The average molecular weight is 172 g/mol. The number of carboxylic acids is 1. The van der Waals surface area contributed by atoms with Crippen molar-refractivity contribution in [1.82, 2.24) is 9.78 Å². The molecule has 0 aliphatic heterocycles. The number of nitrogens with zero attached hydrogens (tertiary/aromatic N) is 2. The molecule has 0 atom stereocenters. The molecular formula is C7H9FN2O2. The van der Waals surface area contributed by atoms with Gasteiger partial charge in [-0.25, -0.2) is 4.39 Å². The van der Waals surface area contributed by atoms with Crippen LogP contribution in [0.5, 0.6) is 0 Å². The summed E-state index contributed by atoms with van der Waals surface area (Å²) in [7, 11) is 0. The van der Waals surface area contributed by atoms with Gasteiger partial charge >= 0.3 is 5.97 Å². The number of carbonyl (C=O) groups is 1. The summed E-state index contributed by atoms with van der Waals surface area (Å²) in [6, 6.07) is 0. The van der Waals surface area contributed by atoms with E-state index in [1.54, 1.807) is 0 Å². The first-order chi connectivity index (χ1) is 5.72. The van der Waals surface area contributed by atoms with Gasteiger partial charge in [0.05, 0.1) is 19.2 Å². The normalized spacial score (nSPS) is 10.1. The number of carboxylic acid groups (broad SMARTS) is 1. The Hall–Kier alpha value is -1.39. The van der Waals surface area contributed by atoms with E-state index >= 15 is 0 Å². The van der Waals surface area contributed by atoms with Crippen LogP contribution in [0.2, 0.25) is 0 Å². The van der Waals surface area contributed by atoms with Crippen LogP contribution in [0.1, 0.15) is 5.56 Å². The van der Waals surface area contributed by atoms with Gasteiger partial charge in [-0.2, -0.15) is 5.10 Å². The maximum atomic E-state index is 11.8. The van der Waals surface area contributed by atoms with Crippen molar-refractivity contribution in [3.63, 3.8) is 0 Å². The quantitative estimate of drug-likeness (QED) is 0.718. The molecule has 66 valence electrons. The molecule has 0 spiro atoms. The third kappa shape index (κ3) is 2.34. The maximum Gasteiger partial charge on any atom is 0.307 e. The van der Waals surface area contributed by atoms with E-state index in [2.05, 4.69) is 5.10 Å². The fourth-order valence-electron chi connectivity index (χ4n) is 0.881. The van der Waals surface area contributed by atoms with Crippen molar-refractivity contribution in [1.29, 1.82) is 0 Å². The summed E-state index contributed by atoms with van der Waals surface area (Å²) in [6.07, 6.45) is 2.91. The van der Waals surface area contributed by atoms with Crippen LogP contribution in [0.3, 0.4) is 0 Å². The van der Waals surface area contributed by atoms with Gasteiger partial charge in [-0.05, 0) is 0 Å². The molecule has 0 saturated carbocycles. The summed E-state index contributed by atoms with van der Waals surface area (Å²) in [5.74, 6) is -0.908. The molecule has 1 heterocycles. The van der Waals surface area contributed by atoms with Gasteiger partial charge in [-0.1, -0.05) is 0 Å². The van der Waals surface area contributed by atoms with Gasteiger partial charge < -0.3 is 5.11 Å². The van der Waals surface area contributed by atoms with E-state index in [1.165, 1.54) is 17.1 Å². The molecule has 4 nitrogen and oxygen atoms in total. The number of rotatable bonds is 4. The van der Waals surface area contributed by atoms with Crippen molar-refractivity contribution >= 4 is 5.97 Å². The largest absolute Gasteiger partial charge is 0.481 e. The highest BCUT2D eigenvalue weighted by molar-refractivity contribution is 5.69. The van der Waals surface area contributed by atoms with Crippen LogP contribution < -0.4 is 0 Å². The Balaban J connectivity index is 2.58. The number of hydrogen-bond donors (Lipinski definition) is 1. The van der Waals surface area contributed by atoms with E-state index in [-0.39, 0.29) is 13.0 Å². The molecule has 0 aliphatic carbocycles. The highest BCUT2D eigenvalue weighted by Crippen LogP contribution is 1.98. The van der Waals surface area contributed by atoms with Crippen LogP contribution in [-0.2, 0) is 17.8 Å². The van der Waals surface area contributed by atoms with Crippen LogP contribution in [-0.4, -0.2) is 27.5 Å². The number of halogens is 1. The highest BCUT2D eigenvalue weighted by atomic mass is 19.1. The number of alkyl halides is 1. The zero-order valence-electron chi connectivity index (χ0n) is 6.40. The molecule has 0 saturated heterocycles. The summed E-state index contributed by atoms with van der Waals surface area (Å²) >= 11 is 0. The molecule has 1 N–H and O–H groups in total. The minimum atomic E-state index is -0.908. The van der Waals surface area contributed by atoms with Gasteiger partial charge in [0.1, 0.15) is 6.67 Å². The summed E-state index contributed by atoms with van der Waals surface area (Å²) < 4.78 is 13.2. The zero-order valence-corrected chi connectivity index (χ0v) is 6.40. The lowest BCUT2D eigenvalue weighted by Gasteiger charge is -1.92. The highest BCUT2D eigenvalue weighted by Gasteiger charge is 2.02. The fourth-order valence-corrected chi connectivity index (χ4v) is 0.881. The molecular weight excluding hydrogens is 163 g/mol. The van der Waals surface area contributed by atoms with E-state index in [1.807, 2.05) is 0 Å². The second-order valence-electron chi connectivity index (χ2n) is 2.37. The van der Waals surface area contributed by atoms with E-state index in [0.29, 0.717) is 5.56 Å². The first-order valence-electron chi connectivity index (χ1n) is 3.51. The molecule has 1 aromatic rings. The lowest BCUT2D eigenvalue weighted by atomic mass is 10.3. The lowest BCUT2D eigenvalue weighted by Crippen LogP contribution is -2.00. The van der Waals surface area contributed by atoms with Crippen molar-refractivity contribution in [2.75, 3.05) is 6.67 Å². The monoisotopic (exact) mass is 172 g/mol. The molecule has 0 aromatic carbocycles. The number of aromatic nitrogens is 2. The molecule has 0 aliphatic rings. The second-order valence-corrected chi connectivity index (χ2v) is 2.37. The third-order valence-electron chi connectivity index (χ3n) is 1.36. The fraction of sp³-hybridized carbons (Fsp3) is 0.429. The van der Waals surface area contributed by atoms with Crippen molar-refractivity contribution in [3.05, 3.63) is 18.0 Å². The van der Waals surface area contributed by atoms with E-state index in [4.69, 9.17) is 5.11 Å². The Morgan fingerprint density at radius 3 is 3.08 bits per heavy atom. The number of aryl methyl sites for hydroxylation is 1. The summed E-state index contributed by atoms with van der Waals surface area (Å²) in [5, 5.41) is 12.2. The molecule has 5 heteroatoms. The average Bonchev–Trinajstić information content (AvgIpc) is 2.36. The zero-order chi connectivity index (χ0) is 8.97. The smallest absolute Gasteiger partial charge is 0.307 e. The Morgan fingerprint density at radius 2 is 2.50 bits per heavy atom. The predicted octanol–water partition coefficient (Wildman–Crippen LogP) is 0.480. The standard InChI is InChI=1S/C7H9FN2O2/c8-1-2-10-5-6(4-9-10)3-7(11)12/h4-5H,1-3H2,(H,11,12). The van der Waals surface area contributed by atoms with Crippen molar-refractivity contribution in [3.8, 4) is 0 Å². The second kappa shape index (κ2) is 3.85. The summed E-state index contributed by atoms with van der Waals surface area (Å²) in [5.41, 5.74) is 0.593. The third-order valence-corrected chi connectivity index (χ3v) is 1.36. The molecule has 1 aromatic heterocycles. The van der Waals surface area contributed by atoms with Gasteiger partial charge in [-0.3, -0.25) is 9.48 Å². The van der Waals surface area contributed by atoms with Crippen LogP contribution in [0.4, 0.5) is 4.39 Å². The van der Waals surface area contributed by atoms with E-state index in [9.17, 15) is 9.18 Å². The minimum absolute atomic E-state index is 0.0632. The van der Waals surface area contributed by atoms with Gasteiger partial charge in [0.2, 0.25) is 0 Å². The molecule has 0 amide bonds. The Kier molecular flexibility index (Phi) is 2.79. The van der Waals surface area contributed by atoms with Crippen LogP contribution in [0.15, 0.2) is 12.4 Å². The minimum Gasteiger partial charge on any atom is -0.481 e. The Labute approximate surface area is 68.6 Å². The molecule has 0 unspecified atom stereocenters. The van der Waals surface area contributed by atoms with Crippen molar-refractivity contribution < 1.29 is 14.3 Å². The van der Waals surface area contributed by atoms with E-state index < -0.39 is 12.6 Å². The van der Waals surface area contributed by atoms with Crippen LogP contribution in [0.25, 0.3) is 0 Å². The summed E-state index contributed by atoms with van der Waals surface area (Å²) in [4.78, 5) is 10.2. The lowest BCUT2D eigenvalue weighted by molar-refractivity contribution is -0.136. The molecule has 0 radical (unpaired) electrons. The van der Waals surface area contributed by atoms with Crippen molar-refractivity contribution in [2.45, 2.75) is 13.0 Å². The first kappa shape index (κ1) is 8.70. The SMILES string of the molecule is O=C(O)Cc1cnn(CCF)c1. The van der Waals surface area contributed by atoms with Crippen LogP contribution in [0, 0.1) is 0 Å². The number of aliphatic carboxylic acids is 1. The first-order valence-corrected chi connectivity index (χ1v) is 3.51.